The lowest BCUT2D eigenvalue weighted by molar-refractivity contribution is -0.133. The molecular formula is C28H39N3O2. The number of nitrogens with zero attached hydrogens (tertiary/aromatic N) is 3. The first-order valence-electron chi connectivity index (χ1n) is 13.3. The summed E-state index contributed by atoms with van der Waals surface area (Å²) in [4.78, 5) is 15.2. The van der Waals surface area contributed by atoms with Crippen molar-refractivity contribution >= 4 is 16.8 Å². The minimum absolute atomic E-state index is 0.133. The summed E-state index contributed by atoms with van der Waals surface area (Å²) >= 11 is 0. The Morgan fingerprint density at radius 3 is 2.64 bits per heavy atom. The number of ketones is 1. The molecule has 0 aliphatic heterocycles. The zero-order valence-corrected chi connectivity index (χ0v) is 20.5. The Balaban J connectivity index is 1.18. The van der Waals surface area contributed by atoms with Gasteiger partial charge in [0.1, 0.15) is 17.6 Å². The van der Waals surface area contributed by atoms with Gasteiger partial charge in [-0.1, -0.05) is 13.0 Å². The molecule has 0 bridgehead atoms. The Morgan fingerprint density at radius 1 is 1.00 bits per heavy atom. The Hall–Kier alpha value is -1.75. The molecule has 5 nitrogen and oxygen atoms in total. The molecule has 4 saturated carbocycles. The van der Waals surface area contributed by atoms with E-state index in [1.54, 1.807) is 4.80 Å². The van der Waals surface area contributed by atoms with Gasteiger partial charge in [0.2, 0.25) is 0 Å². The van der Waals surface area contributed by atoms with Crippen LogP contribution in [0.25, 0.3) is 11.0 Å². The molecule has 1 aromatic carbocycles. The number of aliphatic hydroxyl groups is 1. The number of aryl methyl sites for hydroxylation is 1. The summed E-state index contributed by atoms with van der Waals surface area (Å²) in [7, 11) is 0. The van der Waals surface area contributed by atoms with E-state index in [0.717, 1.165) is 48.0 Å². The van der Waals surface area contributed by atoms with E-state index in [9.17, 15) is 9.90 Å². The largest absolute Gasteiger partial charge is 0.390 e. The van der Waals surface area contributed by atoms with E-state index >= 15 is 0 Å². The summed E-state index contributed by atoms with van der Waals surface area (Å²) in [5.74, 6) is 4.25. The molecule has 178 valence electrons. The maximum absolute atomic E-state index is 13.5. The van der Waals surface area contributed by atoms with Crippen LogP contribution in [0.1, 0.15) is 77.2 Å². The highest BCUT2D eigenvalue weighted by molar-refractivity contribution is 5.82. The van der Waals surface area contributed by atoms with Crippen molar-refractivity contribution in [3.8, 4) is 0 Å². The molecule has 6 rings (SSSR count). The lowest BCUT2D eigenvalue weighted by atomic mass is 9.49. The minimum atomic E-state index is -0.452. The highest BCUT2D eigenvalue weighted by atomic mass is 16.3. The van der Waals surface area contributed by atoms with Crippen LogP contribution in [0.15, 0.2) is 18.2 Å². The quantitative estimate of drug-likeness (QED) is 0.688. The molecule has 0 unspecified atom stereocenters. The second kappa shape index (κ2) is 7.63. The fourth-order valence-corrected chi connectivity index (χ4v) is 9.00. The van der Waals surface area contributed by atoms with Crippen molar-refractivity contribution in [3.63, 3.8) is 0 Å². The highest BCUT2D eigenvalue weighted by Gasteiger charge is 2.58. The zero-order chi connectivity index (χ0) is 23.0. The number of benzene rings is 1. The summed E-state index contributed by atoms with van der Waals surface area (Å²) in [6.07, 6.45) is 10.4. The topological polar surface area (TPSA) is 68.0 Å². The van der Waals surface area contributed by atoms with Gasteiger partial charge in [0.05, 0.1) is 5.60 Å². The van der Waals surface area contributed by atoms with Gasteiger partial charge >= 0.3 is 0 Å². The first kappa shape index (κ1) is 21.8. The van der Waals surface area contributed by atoms with Crippen molar-refractivity contribution in [2.45, 2.75) is 90.7 Å². The molecule has 8 atom stereocenters. The Kier molecular flexibility index (Phi) is 5.03. The van der Waals surface area contributed by atoms with E-state index in [1.807, 2.05) is 25.1 Å². The molecule has 0 radical (unpaired) electrons. The minimum Gasteiger partial charge on any atom is -0.390 e. The van der Waals surface area contributed by atoms with Crippen LogP contribution >= 0.6 is 0 Å². The number of aromatic nitrogens is 3. The number of hydrogen-bond acceptors (Lipinski definition) is 4. The van der Waals surface area contributed by atoms with Gasteiger partial charge in [0.15, 0.2) is 5.78 Å². The van der Waals surface area contributed by atoms with Gasteiger partial charge in [-0.25, -0.2) is 0 Å². The third-order valence-corrected chi connectivity index (χ3v) is 10.5. The number of carbonyl (C=O) groups excluding carboxylic acids is 1. The summed E-state index contributed by atoms with van der Waals surface area (Å²) < 4.78 is 0. The molecule has 4 aliphatic carbocycles. The average Bonchev–Trinajstić information content (AvgIpc) is 3.32. The van der Waals surface area contributed by atoms with E-state index in [4.69, 9.17) is 0 Å². The molecule has 1 aromatic heterocycles. The molecule has 5 heteroatoms. The fourth-order valence-electron chi connectivity index (χ4n) is 9.00. The number of rotatable bonds is 3. The van der Waals surface area contributed by atoms with E-state index < -0.39 is 5.60 Å². The monoisotopic (exact) mass is 449 g/mol. The van der Waals surface area contributed by atoms with Gasteiger partial charge in [-0.2, -0.15) is 15.0 Å². The van der Waals surface area contributed by atoms with Gasteiger partial charge in [0, 0.05) is 5.92 Å². The van der Waals surface area contributed by atoms with Crippen LogP contribution < -0.4 is 0 Å². The van der Waals surface area contributed by atoms with E-state index in [1.165, 1.54) is 44.1 Å². The number of fused-ring (bicyclic) bond motifs is 6. The summed E-state index contributed by atoms with van der Waals surface area (Å²) in [6, 6.07) is 6.08. The molecule has 4 aliphatic rings. The van der Waals surface area contributed by atoms with Gasteiger partial charge in [-0.15, -0.1) is 0 Å². The third-order valence-electron chi connectivity index (χ3n) is 10.5. The first-order chi connectivity index (χ1) is 15.7. The lowest BCUT2D eigenvalue weighted by Crippen LogP contribution is -2.51. The van der Waals surface area contributed by atoms with E-state index in [0.29, 0.717) is 24.2 Å². The molecule has 4 fully saturated rings. The van der Waals surface area contributed by atoms with Crippen LogP contribution in [0.4, 0.5) is 0 Å². The van der Waals surface area contributed by atoms with Gasteiger partial charge < -0.3 is 5.11 Å². The lowest BCUT2D eigenvalue weighted by Gasteiger charge is -2.56. The predicted molar refractivity (Wildman–Crippen MR) is 128 cm³/mol. The normalized spacial score (nSPS) is 42.5. The van der Waals surface area contributed by atoms with Crippen molar-refractivity contribution in [1.29, 1.82) is 0 Å². The van der Waals surface area contributed by atoms with Gasteiger partial charge in [-0.3, -0.25) is 4.79 Å². The summed E-state index contributed by atoms with van der Waals surface area (Å²) in [6.45, 7) is 6.83. The predicted octanol–water partition coefficient (Wildman–Crippen LogP) is 5.33. The van der Waals surface area contributed by atoms with Crippen molar-refractivity contribution in [3.05, 3.63) is 23.8 Å². The van der Waals surface area contributed by atoms with Crippen LogP contribution in [-0.2, 0) is 11.3 Å². The number of carbonyl (C=O) groups is 1. The van der Waals surface area contributed by atoms with Crippen LogP contribution in [0.2, 0.25) is 0 Å². The Labute approximate surface area is 197 Å². The van der Waals surface area contributed by atoms with Crippen molar-refractivity contribution < 1.29 is 9.90 Å². The van der Waals surface area contributed by atoms with Crippen molar-refractivity contribution in [2.75, 3.05) is 0 Å². The molecule has 0 spiro atoms. The van der Waals surface area contributed by atoms with Crippen LogP contribution in [0.5, 0.6) is 0 Å². The molecular weight excluding hydrogens is 410 g/mol. The molecule has 0 amide bonds. The summed E-state index contributed by atoms with van der Waals surface area (Å²) in [5, 5.41) is 19.8. The Morgan fingerprint density at radius 2 is 1.79 bits per heavy atom. The van der Waals surface area contributed by atoms with Gasteiger partial charge in [-0.05, 0) is 124 Å². The van der Waals surface area contributed by atoms with Crippen molar-refractivity contribution in [2.24, 2.45) is 40.9 Å². The van der Waals surface area contributed by atoms with E-state index in [2.05, 4.69) is 24.0 Å². The average molecular weight is 450 g/mol. The molecule has 33 heavy (non-hydrogen) atoms. The Bertz CT molecular complexity index is 1070. The SMILES string of the molecule is Cc1ccc2nn(CC(=O)[C@H]3CC[C@H]4[C@@H]5CC[C@H]6C[C@](C)(O)CC[C@@H]6[C@H]5CC[C@]34C)nc2c1. The maximum Gasteiger partial charge on any atom is 0.159 e. The second-order valence-electron chi connectivity index (χ2n) is 12.5. The molecule has 0 saturated heterocycles. The summed E-state index contributed by atoms with van der Waals surface area (Å²) in [5.41, 5.74) is 2.59. The molecule has 2 aromatic rings. The first-order valence-corrected chi connectivity index (χ1v) is 13.3. The van der Waals surface area contributed by atoms with Crippen LogP contribution in [0.3, 0.4) is 0 Å². The van der Waals surface area contributed by atoms with Crippen molar-refractivity contribution in [1.82, 2.24) is 15.0 Å². The van der Waals surface area contributed by atoms with Crippen LogP contribution in [0, 0.1) is 47.8 Å². The molecule has 1 heterocycles. The molecule has 1 N–H and O–H groups in total. The van der Waals surface area contributed by atoms with Crippen LogP contribution in [-0.4, -0.2) is 31.5 Å². The van der Waals surface area contributed by atoms with E-state index in [-0.39, 0.29) is 11.3 Å². The second-order valence-corrected chi connectivity index (χ2v) is 12.5. The third kappa shape index (κ3) is 3.57. The maximum atomic E-state index is 13.5. The zero-order valence-electron chi connectivity index (χ0n) is 20.5. The van der Waals surface area contributed by atoms with Gasteiger partial charge in [0.25, 0.3) is 0 Å². The smallest absolute Gasteiger partial charge is 0.159 e. The fraction of sp³-hybridized carbons (Fsp3) is 0.750. The number of Topliss-reactive ketones (excluding diaryl/α,β-unsaturated/α-hetero) is 1. The number of hydrogen-bond donors (Lipinski definition) is 1. The highest BCUT2D eigenvalue weighted by Crippen LogP contribution is 2.64. The standard InChI is InChI=1S/C28H39N3O2/c1-17-4-9-24-25(14-17)30-31(29-24)16-26(32)23-8-7-22-21-6-5-18-15-27(2,33)12-10-19(18)20(21)11-13-28(22,23)3/h4,9,14,18-23,33H,5-8,10-13,15-16H2,1-3H3/t18-,19-,20+,21+,22-,23+,27+,28-/m0/s1.